The Bertz CT molecular complexity index is 1250. The number of H-pyrrole nitrogens is 1. The molecule has 0 saturated heterocycles. The molecule has 0 fully saturated rings. The number of nitrogens with one attached hydrogen (secondary N) is 1. The largest absolute Gasteiger partial charge is 0.466 e. The Morgan fingerprint density at radius 2 is 1.84 bits per heavy atom. The number of nitrogens with zero attached hydrogens (tertiary/aromatic N) is 1. The Kier molecular flexibility index (Phi) is 6.02. The van der Waals surface area contributed by atoms with Gasteiger partial charge in [-0.1, -0.05) is 40.2 Å². The van der Waals surface area contributed by atoms with E-state index < -0.39 is 18.0 Å². The van der Waals surface area contributed by atoms with Gasteiger partial charge in [0, 0.05) is 37.8 Å². The van der Waals surface area contributed by atoms with Crippen molar-refractivity contribution in [1.82, 2.24) is 9.88 Å². The summed E-state index contributed by atoms with van der Waals surface area (Å²) in [6.45, 7) is 0. The topological polar surface area (TPSA) is 71.6 Å². The van der Waals surface area contributed by atoms with E-state index in [1.54, 1.807) is 11.1 Å². The molecule has 4 rings (SSSR count). The summed E-state index contributed by atoms with van der Waals surface area (Å²) in [5.41, 5.74) is 3.93. The molecule has 1 unspecified atom stereocenters. The molecule has 2 heterocycles. The van der Waals surface area contributed by atoms with Crippen LogP contribution in [0, 0.1) is 0 Å². The van der Waals surface area contributed by atoms with Crippen molar-refractivity contribution in [2.24, 2.45) is 0 Å². The lowest BCUT2D eigenvalue weighted by molar-refractivity contribution is -0.139. The van der Waals surface area contributed by atoms with Crippen molar-refractivity contribution in [1.29, 1.82) is 0 Å². The number of fused-ring (bicyclic) bond motifs is 2. The zero-order chi connectivity index (χ0) is 22.1. The average Bonchev–Trinajstić information content (AvgIpc) is 3.19. The molecule has 1 aromatic heterocycles. The van der Waals surface area contributed by atoms with E-state index in [2.05, 4.69) is 36.8 Å². The number of halogens is 2. The molecule has 1 aliphatic rings. The highest BCUT2D eigenvalue weighted by Gasteiger charge is 2.34. The molecule has 0 aliphatic carbocycles. The van der Waals surface area contributed by atoms with Crippen LogP contribution in [0.2, 0.25) is 0 Å². The van der Waals surface area contributed by atoms with Gasteiger partial charge in [-0.25, -0.2) is 9.59 Å². The molecule has 6 nitrogen and oxygen atoms in total. The van der Waals surface area contributed by atoms with Gasteiger partial charge in [-0.05, 0) is 45.3 Å². The maximum atomic E-state index is 12.7. The highest BCUT2D eigenvalue weighted by atomic mass is 79.9. The summed E-state index contributed by atoms with van der Waals surface area (Å²) in [5.74, 6) is -1.29. The van der Waals surface area contributed by atoms with Crippen molar-refractivity contribution in [3.8, 4) is 0 Å². The fraction of sp³-hybridized carbons (Fsp3) is 0.130. The summed E-state index contributed by atoms with van der Waals surface area (Å²) in [6, 6.07) is 13.5. The van der Waals surface area contributed by atoms with Crippen molar-refractivity contribution >= 4 is 59.2 Å². The first-order valence-corrected chi connectivity index (χ1v) is 10.9. The van der Waals surface area contributed by atoms with Crippen molar-refractivity contribution in [3.05, 3.63) is 87.8 Å². The van der Waals surface area contributed by atoms with Crippen LogP contribution in [-0.4, -0.2) is 36.0 Å². The van der Waals surface area contributed by atoms with Gasteiger partial charge in [-0.2, -0.15) is 0 Å². The first kappa shape index (κ1) is 21.4. The molecule has 8 heteroatoms. The number of aromatic amines is 1. The molecule has 0 saturated carbocycles. The number of esters is 2. The number of rotatable bonds is 4. The first-order chi connectivity index (χ1) is 14.9. The third-order valence-electron chi connectivity index (χ3n) is 5.14. The Hall–Kier alpha value is -2.84. The monoisotopic (exact) mass is 544 g/mol. The molecule has 3 aromatic rings. The number of methoxy groups -OCH3 is 2. The lowest BCUT2D eigenvalue weighted by Gasteiger charge is -2.36. The smallest absolute Gasteiger partial charge is 0.354 e. The second-order valence-corrected chi connectivity index (χ2v) is 8.62. The van der Waals surface area contributed by atoms with Gasteiger partial charge in [-0.15, -0.1) is 0 Å². The molecule has 1 atom stereocenters. The summed E-state index contributed by atoms with van der Waals surface area (Å²) in [5, 5.41) is 0.993. The second kappa shape index (κ2) is 8.72. The van der Waals surface area contributed by atoms with E-state index in [9.17, 15) is 9.59 Å². The normalized spacial score (nSPS) is 16.0. The molecule has 31 heavy (non-hydrogen) atoms. The molecular weight excluding hydrogens is 528 g/mol. The number of hydrogen-bond acceptors (Lipinski definition) is 5. The standard InChI is InChI=1S/C23H18Br2N2O4/c1-30-21(28)10-20(23(29)31-2)27-12-18(25)14-5-3-4-6-15(14)22(27)17-11-26-19-8-7-13(24)9-16(17)19/h3-12,22,26H,1-2H3/b20-10+. The van der Waals surface area contributed by atoms with Crippen LogP contribution in [0.5, 0.6) is 0 Å². The van der Waals surface area contributed by atoms with E-state index in [0.29, 0.717) is 0 Å². The number of carbonyl (C=O) groups excluding carboxylic acids is 2. The molecule has 158 valence electrons. The van der Waals surface area contributed by atoms with E-state index in [4.69, 9.17) is 9.47 Å². The average molecular weight is 546 g/mol. The summed E-state index contributed by atoms with van der Waals surface area (Å²) in [6.07, 6.45) is 4.86. The van der Waals surface area contributed by atoms with Crippen LogP contribution in [0.1, 0.15) is 22.7 Å². The molecule has 1 aliphatic heterocycles. The zero-order valence-corrected chi connectivity index (χ0v) is 19.9. The van der Waals surface area contributed by atoms with Crippen LogP contribution >= 0.6 is 31.9 Å². The Labute approximate surface area is 195 Å². The van der Waals surface area contributed by atoms with Gasteiger partial charge in [0.25, 0.3) is 0 Å². The highest BCUT2D eigenvalue weighted by molar-refractivity contribution is 9.15. The maximum absolute atomic E-state index is 12.7. The Morgan fingerprint density at radius 3 is 2.58 bits per heavy atom. The van der Waals surface area contributed by atoms with Crippen LogP contribution in [0.3, 0.4) is 0 Å². The minimum atomic E-state index is -0.649. The van der Waals surface area contributed by atoms with E-state index in [1.165, 1.54) is 14.2 Å². The second-order valence-electron chi connectivity index (χ2n) is 6.85. The predicted molar refractivity (Wildman–Crippen MR) is 125 cm³/mol. The molecule has 0 amide bonds. The third kappa shape index (κ3) is 3.93. The van der Waals surface area contributed by atoms with Crippen LogP contribution in [0.15, 0.2) is 71.1 Å². The quantitative estimate of drug-likeness (QED) is 0.358. The van der Waals surface area contributed by atoms with Gasteiger partial charge in [0.2, 0.25) is 0 Å². The van der Waals surface area contributed by atoms with Crippen LogP contribution in [0.4, 0.5) is 0 Å². The number of ether oxygens (including phenoxy) is 2. The SMILES string of the molecule is COC(=O)/C=C(\C(=O)OC)N1C=C(Br)c2ccccc2C1c1c[nH]c2ccc(Br)cc12. The molecule has 0 radical (unpaired) electrons. The van der Waals surface area contributed by atoms with Gasteiger partial charge in [0.1, 0.15) is 5.70 Å². The summed E-state index contributed by atoms with van der Waals surface area (Å²) >= 11 is 7.15. The van der Waals surface area contributed by atoms with Crippen molar-refractivity contribution in [3.63, 3.8) is 0 Å². The van der Waals surface area contributed by atoms with Crippen LogP contribution in [-0.2, 0) is 19.1 Å². The fourth-order valence-corrected chi connectivity index (χ4v) is 4.69. The number of aromatic nitrogens is 1. The zero-order valence-electron chi connectivity index (χ0n) is 16.7. The van der Waals surface area contributed by atoms with Crippen LogP contribution in [0.25, 0.3) is 15.4 Å². The number of hydrogen-bond donors (Lipinski definition) is 1. The fourth-order valence-electron chi connectivity index (χ4n) is 3.75. The predicted octanol–water partition coefficient (Wildman–Crippen LogP) is 5.26. The summed E-state index contributed by atoms with van der Waals surface area (Å²) < 4.78 is 11.5. The van der Waals surface area contributed by atoms with Gasteiger partial charge >= 0.3 is 11.9 Å². The number of benzene rings is 2. The maximum Gasteiger partial charge on any atom is 0.354 e. The van der Waals surface area contributed by atoms with E-state index in [-0.39, 0.29) is 5.70 Å². The Balaban J connectivity index is 1.99. The van der Waals surface area contributed by atoms with E-state index >= 15 is 0 Å². The summed E-state index contributed by atoms with van der Waals surface area (Å²) in [4.78, 5) is 29.8. The lowest BCUT2D eigenvalue weighted by Crippen LogP contribution is -2.32. The molecular formula is C23H18Br2N2O4. The summed E-state index contributed by atoms with van der Waals surface area (Å²) in [7, 11) is 2.54. The van der Waals surface area contributed by atoms with Gasteiger partial charge < -0.3 is 19.4 Å². The van der Waals surface area contributed by atoms with E-state index in [0.717, 1.165) is 42.6 Å². The molecule has 1 N–H and O–H groups in total. The Morgan fingerprint density at radius 1 is 1.06 bits per heavy atom. The lowest BCUT2D eigenvalue weighted by atomic mass is 9.90. The van der Waals surface area contributed by atoms with E-state index in [1.807, 2.05) is 48.7 Å². The highest BCUT2D eigenvalue weighted by Crippen LogP contribution is 2.45. The van der Waals surface area contributed by atoms with Crippen molar-refractivity contribution in [2.45, 2.75) is 6.04 Å². The van der Waals surface area contributed by atoms with Gasteiger partial charge in [-0.3, -0.25) is 0 Å². The number of carbonyl (C=O) groups is 2. The van der Waals surface area contributed by atoms with Crippen molar-refractivity contribution < 1.29 is 19.1 Å². The molecule has 2 aromatic carbocycles. The third-order valence-corrected chi connectivity index (χ3v) is 6.27. The van der Waals surface area contributed by atoms with Crippen molar-refractivity contribution in [2.75, 3.05) is 14.2 Å². The minimum absolute atomic E-state index is 0.0650. The van der Waals surface area contributed by atoms with Crippen LogP contribution < -0.4 is 0 Å². The first-order valence-electron chi connectivity index (χ1n) is 9.34. The molecule has 0 spiro atoms. The molecule has 0 bridgehead atoms. The minimum Gasteiger partial charge on any atom is -0.466 e. The van der Waals surface area contributed by atoms with Gasteiger partial charge in [0.05, 0.1) is 26.3 Å². The van der Waals surface area contributed by atoms with Gasteiger partial charge in [0.15, 0.2) is 0 Å².